The van der Waals surface area contributed by atoms with Crippen LogP contribution in [0.5, 0.6) is 0 Å². The van der Waals surface area contributed by atoms with E-state index in [1.54, 1.807) is 0 Å². The van der Waals surface area contributed by atoms with Crippen LogP contribution in [-0.2, 0) is 10.2 Å². The Morgan fingerprint density at radius 3 is 2.81 bits per heavy atom. The van der Waals surface area contributed by atoms with E-state index in [9.17, 15) is 0 Å². The summed E-state index contributed by atoms with van der Waals surface area (Å²) < 4.78 is 6.30. The van der Waals surface area contributed by atoms with E-state index in [0.717, 1.165) is 39.0 Å². The molecule has 0 bridgehead atoms. The van der Waals surface area contributed by atoms with E-state index in [4.69, 9.17) is 20.9 Å². The molecule has 5 nitrogen and oxygen atoms in total. The Hall–Kier alpha value is -1.30. The van der Waals surface area contributed by atoms with Gasteiger partial charge in [-0.3, -0.25) is 4.98 Å². The van der Waals surface area contributed by atoms with Gasteiger partial charge in [-0.2, -0.15) is 0 Å². The zero-order valence-electron chi connectivity index (χ0n) is 16.1. The van der Waals surface area contributed by atoms with Gasteiger partial charge in [0.1, 0.15) is 0 Å². The SMILES string of the molecule is CC(=N)C(CN)CNCCC1(c2ccccn2)CCOC2(CCCC2)C1. The van der Waals surface area contributed by atoms with Crippen molar-refractivity contribution < 1.29 is 4.74 Å². The molecule has 2 fully saturated rings. The van der Waals surface area contributed by atoms with Gasteiger partial charge in [0.25, 0.3) is 0 Å². The first-order chi connectivity index (χ1) is 12.6. The molecule has 1 aromatic heterocycles. The molecule has 144 valence electrons. The summed E-state index contributed by atoms with van der Waals surface area (Å²) in [6.07, 6.45) is 10.1. The minimum atomic E-state index is 0.0705. The Bertz CT molecular complexity index is 585. The highest BCUT2D eigenvalue weighted by Crippen LogP contribution is 2.49. The Labute approximate surface area is 157 Å². The number of hydrogen-bond donors (Lipinski definition) is 3. The molecule has 1 spiro atoms. The molecule has 2 atom stereocenters. The molecule has 5 heteroatoms. The maximum Gasteiger partial charge on any atom is 0.0691 e. The first-order valence-corrected chi connectivity index (χ1v) is 10.1. The van der Waals surface area contributed by atoms with Gasteiger partial charge >= 0.3 is 0 Å². The quantitative estimate of drug-likeness (QED) is 0.493. The fourth-order valence-corrected chi connectivity index (χ4v) is 4.81. The van der Waals surface area contributed by atoms with Gasteiger partial charge in [0.05, 0.1) is 5.60 Å². The number of hydrogen-bond acceptors (Lipinski definition) is 5. The van der Waals surface area contributed by atoms with Crippen LogP contribution in [0.2, 0.25) is 0 Å². The maximum atomic E-state index is 7.82. The predicted octanol–water partition coefficient (Wildman–Crippen LogP) is 3.04. The van der Waals surface area contributed by atoms with Crippen molar-refractivity contribution in [3.63, 3.8) is 0 Å². The van der Waals surface area contributed by atoms with Crippen molar-refractivity contribution in [1.82, 2.24) is 10.3 Å². The molecule has 0 aromatic carbocycles. The second-order valence-electron chi connectivity index (χ2n) is 8.23. The summed E-state index contributed by atoms with van der Waals surface area (Å²) in [6.45, 7) is 4.92. The highest BCUT2D eigenvalue weighted by atomic mass is 16.5. The van der Waals surface area contributed by atoms with Crippen molar-refractivity contribution in [2.45, 2.75) is 62.9 Å². The largest absolute Gasteiger partial charge is 0.375 e. The smallest absolute Gasteiger partial charge is 0.0691 e. The lowest BCUT2D eigenvalue weighted by Crippen LogP contribution is -2.47. The molecule has 1 aliphatic heterocycles. The van der Waals surface area contributed by atoms with Gasteiger partial charge in [-0.1, -0.05) is 18.9 Å². The highest BCUT2D eigenvalue weighted by Gasteiger charge is 2.48. The summed E-state index contributed by atoms with van der Waals surface area (Å²) in [5.74, 6) is 0.136. The van der Waals surface area contributed by atoms with Crippen LogP contribution in [0.15, 0.2) is 24.4 Å². The molecule has 1 saturated heterocycles. The molecule has 3 rings (SSSR count). The number of rotatable bonds is 8. The van der Waals surface area contributed by atoms with Gasteiger partial charge in [-0.15, -0.1) is 0 Å². The highest BCUT2D eigenvalue weighted by molar-refractivity contribution is 5.81. The van der Waals surface area contributed by atoms with Crippen LogP contribution in [0, 0.1) is 11.3 Å². The van der Waals surface area contributed by atoms with E-state index in [1.165, 1.54) is 31.4 Å². The molecule has 1 saturated carbocycles. The van der Waals surface area contributed by atoms with Crippen molar-refractivity contribution in [3.8, 4) is 0 Å². The maximum absolute atomic E-state index is 7.82. The molecule has 0 amide bonds. The van der Waals surface area contributed by atoms with E-state index in [2.05, 4.69) is 17.4 Å². The summed E-state index contributed by atoms with van der Waals surface area (Å²) >= 11 is 0. The fraction of sp³-hybridized carbons (Fsp3) is 0.714. The molecular formula is C21H34N4O. The lowest BCUT2D eigenvalue weighted by atomic mass is 9.68. The van der Waals surface area contributed by atoms with Crippen molar-refractivity contribution >= 4 is 5.71 Å². The number of nitrogens with two attached hydrogens (primary N) is 1. The third-order valence-electron chi connectivity index (χ3n) is 6.44. The second kappa shape index (κ2) is 8.59. The van der Waals surface area contributed by atoms with E-state index in [1.807, 2.05) is 19.2 Å². The van der Waals surface area contributed by atoms with E-state index < -0.39 is 0 Å². The zero-order valence-corrected chi connectivity index (χ0v) is 16.1. The molecule has 2 heterocycles. The molecule has 26 heavy (non-hydrogen) atoms. The lowest BCUT2D eigenvalue weighted by Gasteiger charge is -2.46. The number of nitrogens with one attached hydrogen (secondary N) is 2. The van der Waals surface area contributed by atoms with Crippen molar-refractivity contribution in [2.24, 2.45) is 11.7 Å². The molecular weight excluding hydrogens is 324 g/mol. The molecule has 0 radical (unpaired) electrons. The van der Waals surface area contributed by atoms with Crippen molar-refractivity contribution in [2.75, 3.05) is 26.2 Å². The van der Waals surface area contributed by atoms with Gasteiger partial charge < -0.3 is 21.2 Å². The third kappa shape index (κ3) is 4.33. The van der Waals surface area contributed by atoms with E-state index in [-0.39, 0.29) is 16.9 Å². The van der Waals surface area contributed by atoms with Gasteiger partial charge in [0.2, 0.25) is 0 Å². The zero-order chi connectivity index (χ0) is 18.5. The van der Waals surface area contributed by atoms with Crippen LogP contribution < -0.4 is 11.1 Å². The number of pyridine rings is 1. The van der Waals surface area contributed by atoms with E-state index in [0.29, 0.717) is 12.3 Å². The molecule has 2 unspecified atom stereocenters. The van der Waals surface area contributed by atoms with Crippen LogP contribution in [-0.4, -0.2) is 42.5 Å². The summed E-state index contributed by atoms with van der Waals surface area (Å²) in [6, 6.07) is 6.30. The Balaban J connectivity index is 1.69. The minimum absolute atomic E-state index is 0.0705. The van der Waals surface area contributed by atoms with E-state index >= 15 is 0 Å². The average Bonchev–Trinajstić information content (AvgIpc) is 3.09. The predicted molar refractivity (Wildman–Crippen MR) is 106 cm³/mol. The fourth-order valence-electron chi connectivity index (χ4n) is 4.81. The van der Waals surface area contributed by atoms with Crippen LogP contribution in [0.3, 0.4) is 0 Å². The Kier molecular flexibility index (Phi) is 6.43. The summed E-state index contributed by atoms with van der Waals surface area (Å²) in [5.41, 5.74) is 7.83. The lowest BCUT2D eigenvalue weighted by molar-refractivity contribution is -0.104. The standard InChI is InChI=1S/C21H34N4O/c1-17(23)18(14-22)15-24-12-9-20(19-6-2-5-11-25-19)10-13-26-21(16-20)7-3-4-8-21/h2,5-6,11,18,23-24H,3-4,7-10,12-16,22H2,1H3. The first-order valence-electron chi connectivity index (χ1n) is 10.1. The van der Waals surface area contributed by atoms with Gasteiger partial charge in [-0.25, -0.2) is 0 Å². The number of ether oxygens (including phenoxy) is 1. The molecule has 1 aliphatic carbocycles. The Morgan fingerprint density at radius 1 is 1.35 bits per heavy atom. The van der Waals surface area contributed by atoms with Gasteiger partial charge in [-0.05, 0) is 57.7 Å². The van der Waals surface area contributed by atoms with Crippen LogP contribution in [0.1, 0.15) is 57.6 Å². The van der Waals surface area contributed by atoms with Gasteiger partial charge in [0.15, 0.2) is 0 Å². The number of nitrogens with zero attached hydrogens (tertiary/aromatic N) is 1. The molecule has 2 aliphatic rings. The average molecular weight is 359 g/mol. The monoisotopic (exact) mass is 358 g/mol. The van der Waals surface area contributed by atoms with Gasteiger partial charge in [0, 0.05) is 48.6 Å². The van der Waals surface area contributed by atoms with Crippen molar-refractivity contribution in [1.29, 1.82) is 5.41 Å². The first kappa shape index (κ1) is 19.5. The van der Waals surface area contributed by atoms with Crippen LogP contribution in [0.25, 0.3) is 0 Å². The molecule has 4 N–H and O–H groups in total. The van der Waals surface area contributed by atoms with Crippen LogP contribution >= 0.6 is 0 Å². The summed E-state index contributed by atoms with van der Waals surface area (Å²) in [4.78, 5) is 4.75. The van der Waals surface area contributed by atoms with Crippen molar-refractivity contribution in [3.05, 3.63) is 30.1 Å². The summed E-state index contributed by atoms with van der Waals surface area (Å²) in [7, 11) is 0. The topological polar surface area (TPSA) is 84.0 Å². The Morgan fingerprint density at radius 2 is 2.15 bits per heavy atom. The normalized spacial score (nSPS) is 26.1. The second-order valence-corrected chi connectivity index (χ2v) is 8.23. The number of aromatic nitrogens is 1. The third-order valence-corrected chi connectivity index (χ3v) is 6.44. The minimum Gasteiger partial charge on any atom is -0.375 e. The summed E-state index contributed by atoms with van der Waals surface area (Å²) in [5, 5.41) is 11.4. The van der Waals surface area contributed by atoms with Crippen LogP contribution in [0.4, 0.5) is 0 Å². The molecule has 1 aromatic rings.